The van der Waals surface area contributed by atoms with Crippen LogP contribution < -0.4 is 5.73 Å². The van der Waals surface area contributed by atoms with Gasteiger partial charge in [-0.1, -0.05) is 13.0 Å². The maximum Gasteiger partial charge on any atom is 0.259 e. The van der Waals surface area contributed by atoms with Gasteiger partial charge in [-0.2, -0.15) is 0 Å². The third kappa shape index (κ3) is 2.15. The van der Waals surface area contributed by atoms with Crippen LogP contribution in [0.15, 0.2) is 18.2 Å². The van der Waals surface area contributed by atoms with Crippen LogP contribution in [0.2, 0.25) is 0 Å². The molecular formula is C12H14F2N2O. The van der Waals surface area contributed by atoms with Crippen molar-refractivity contribution in [1.29, 1.82) is 0 Å². The number of amides is 1. The molecule has 1 amide bonds. The molecule has 1 fully saturated rings. The summed E-state index contributed by atoms with van der Waals surface area (Å²) in [6.07, 6.45) is 0. The van der Waals surface area contributed by atoms with Gasteiger partial charge in [-0.15, -0.1) is 0 Å². The minimum atomic E-state index is -0.830. The predicted octanol–water partition coefficient (Wildman–Crippen LogP) is 1.38. The fraction of sp³-hybridized carbons (Fsp3) is 0.417. The zero-order valence-electron chi connectivity index (χ0n) is 9.49. The Balaban J connectivity index is 2.27. The van der Waals surface area contributed by atoms with Crippen LogP contribution in [0.25, 0.3) is 0 Å². The number of hydrogen-bond donors (Lipinski definition) is 1. The van der Waals surface area contributed by atoms with E-state index in [1.807, 2.05) is 6.92 Å². The number of halogens is 2. The number of nitrogens with two attached hydrogens (primary N) is 1. The average Bonchev–Trinajstić information content (AvgIpc) is 2.59. The molecule has 0 bridgehead atoms. The largest absolute Gasteiger partial charge is 0.337 e. The Bertz CT molecular complexity index is 420. The van der Waals surface area contributed by atoms with Crippen LogP contribution in [0.4, 0.5) is 8.78 Å². The first-order valence-electron chi connectivity index (χ1n) is 5.49. The van der Waals surface area contributed by atoms with Crippen molar-refractivity contribution < 1.29 is 13.6 Å². The molecular weight excluding hydrogens is 226 g/mol. The lowest BCUT2D eigenvalue weighted by atomic mass is 10.1. The van der Waals surface area contributed by atoms with E-state index in [9.17, 15) is 13.6 Å². The van der Waals surface area contributed by atoms with Crippen LogP contribution in [0.1, 0.15) is 17.3 Å². The summed E-state index contributed by atoms with van der Waals surface area (Å²) >= 11 is 0. The first kappa shape index (κ1) is 12.0. The monoisotopic (exact) mass is 240 g/mol. The average molecular weight is 240 g/mol. The molecule has 0 aromatic heterocycles. The second kappa shape index (κ2) is 4.41. The molecule has 1 heterocycles. The molecule has 2 unspecified atom stereocenters. The Hall–Kier alpha value is -1.49. The third-order valence-electron chi connectivity index (χ3n) is 3.13. The Kier molecular flexibility index (Phi) is 3.11. The zero-order valence-corrected chi connectivity index (χ0v) is 9.49. The maximum atomic E-state index is 13.4. The van der Waals surface area contributed by atoms with Crippen LogP contribution in [0.5, 0.6) is 0 Å². The highest BCUT2D eigenvalue weighted by Crippen LogP contribution is 2.20. The van der Waals surface area contributed by atoms with E-state index in [0.29, 0.717) is 13.1 Å². The molecule has 0 spiro atoms. The van der Waals surface area contributed by atoms with Gasteiger partial charge in [0, 0.05) is 19.1 Å². The predicted molar refractivity (Wildman–Crippen MR) is 59.4 cm³/mol. The molecule has 92 valence electrons. The number of likely N-dealkylation sites (tertiary alicyclic amines) is 1. The van der Waals surface area contributed by atoms with Crippen molar-refractivity contribution in [2.75, 3.05) is 13.1 Å². The molecule has 1 aliphatic rings. The van der Waals surface area contributed by atoms with Gasteiger partial charge in [0.05, 0.1) is 0 Å². The van der Waals surface area contributed by atoms with Crippen molar-refractivity contribution >= 4 is 5.91 Å². The van der Waals surface area contributed by atoms with Crippen LogP contribution in [0, 0.1) is 17.6 Å². The smallest absolute Gasteiger partial charge is 0.259 e. The molecule has 2 atom stereocenters. The van der Waals surface area contributed by atoms with Crippen molar-refractivity contribution in [3.05, 3.63) is 35.4 Å². The molecule has 0 aliphatic carbocycles. The van der Waals surface area contributed by atoms with E-state index in [0.717, 1.165) is 12.1 Å². The molecule has 0 saturated carbocycles. The fourth-order valence-corrected chi connectivity index (χ4v) is 2.02. The molecule has 3 nitrogen and oxygen atoms in total. The Morgan fingerprint density at radius 2 is 1.94 bits per heavy atom. The summed E-state index contributed by atoms with van der Waals surface area (Å²) in [5.74, 6) is -2.14. The summed E-state index contributed by atoms with van der Waals surface area (Å²) in [7, 11) is 0. The van der Waals surface area contributed by atoms with Crippen molar-refractivity contribution in [2.24, 2.45) is 11.7 Å². The summed E-state index contributed by atoms with van der Waals surface area (Å²) in [5, 5.41) is 0. The summed E-state index contributed by atoms with van der Waals surface area (Å²) in [6, 6.07) is 3.26. The van der Waals surface area contributed by atoms with E-state index in [1.54, 1.807) is 0 Å². The Morgan fingerprint density at radius 3 is 2.41 bits per heavy atom. The highest BCUT2D eigenvalue weighted by atomic mass is 19.1. The second-order valence-electron chi connectivity index (χ2n) is 4.45. The Morgan fingerprint density at radius 1 is 1.35 bits per heavy atom. The third-order valence-corrected chi connectivity index (χ3v) is 3.13. The van der Waals surface area contributed by atoms with Gasteiger partial charge < -0.3 is 10.6 Å². The van der Waals surface area contributed by atoms with Gasteiger partial charge in [0.1, 0.15) is 17.2 Å². The van der Waals surface area contributed by atoms with Gasteiger partial charge in [0.15, 0.2) is 0 Å². The van der Waals surface area contributed by atoms with E-state index < -0.39 is 23.1 Å². The summed E-state index contributed by atoms with van der Waals surface area (Å²) in [4.78, 5) is 13.4. The lowest BCUT2D eigenvalue weighted by molar-refractivity contribution is 0.0777. The first-order valence-corrected chi connectivity index (χ1v) is 5.49. The van der Waals surface area contributed by atoms with Gasteiger partial charge in [0.2, 0.25) is 0 Å². The highest BCUT2D eigenvalue weighted by molar-refractivity contribution is 5.95. The van der Waals surface area contributed by atoms with E-state index in [4.69, 9.17) is 5.73 Å². The van der Waals surface area contributed by atoms with Gasteiger partial charge in [-0.05, 0) is 18.1 Å². The van der Waals surface area contributed by atoms with Gasteiger partial charge in [-0.25, -0.2) is 8.78 Å². The van der Waals surface area contributed by atoms with E-state index in [-0.39, 0.29) is 12.0 Å². The molecule has 1 aromatic carbocycles. The number of rotatable bonds is 1. The lowest BCUT2D eigenvalue weighted by Gasteiger charge is -2.16. The topological polar surface area (TPSA) is 46.3 Å². The molecule has 1 saturated heterocycles. The zero-order chi connectivity index (χ0) is 12.6. The van der Waals surface area contributed by atoms with E-state index in [1.165, 1.54) is 11.0 Å². The van der Waals surface area contributed by atoms with Gasteiger partial charge >= 0.3 is 0 Å². The summed E-state index contributed by atoms with van der Waals surface area (Å²) in [5.41, 5.74) is 5.29. The molecule has 17 heavy (non-hydrogen) atoms. The quantitative estimate of drug-likeness (QED) is 0.806. The van der Waals surface area contributed by atoms with Crippen molar-refractivity contribution in [3.63, 3.8) is 0 Å². The molecule has 2 rings (SSSR count). The fourth-order valence-electron chi connectivity index (χ4n) is 2.02. The SMILES string of the molecule is CC1CN(C(=O)c2c(F)cccc2F)CC1N. The standard InChI is InChI=1S/C12H14F2N2O/c1-7-5-16(6-10(7)15)12(17)11-8(13)3-2-4-9(11)14/h2-4,7,10H,5-6,15H2,1H3. The van der Waals surface area contributed by atoms with Crippen molar-refractivity contribution in [3.8, 4) is 0 Å². The molecule has 1 aromatic rings. The first-order chi connectivity index (χ1) is 8.00. The maximum absolute atomic E-state index is 13.4. The van der Waals surface area contributed by atoms with Gasteiger partial charge in [0.25, 0.3) is 5.91 Å². The highest BCUT2D eigenvalue weighted by Gasteiger charge is 2.32. The second-order valence-corrected chi connectivity index (χ2v) is 4.45. The molecule has 0 radical (unpaired) electrons. The number of carbonyl (C=O) groups excluding carboxylic acids is 1. The van der Waals surface area contributed by atoms with Crippen molar-refractivity contribution in [1.82, 2.24) is 4.90 Å². The number of carbonyl (C=O) groups is 1. The number of nitrogens with zero attached hydrogens (tertiary/aromatic N) is 1. The van der Waals surface area contributed by atoms with E-state index >= 15 is 0 Å². The summed E-state index contributed by atoms with van der Waals surface area (Å²) in [6.45, 7) is 2.69. The van der Waals surface area contributed by atoms with Crippen molar-refractivity contribution in [2.45, 2.75) is 13.0 Å². The van der Waals surface area contributed by atoms with Gasteiger partial charge in [-0.3, -0.25) is 4.79 Å². The number of hydrogen-bond acceptors (Lipinski definition) is 2. The van der Waals surface area contributed by atoms with Crippen LogP contribution in [0.3, 0.4) is 0 Å². The minimum absolute atomic E-state index is 0.131. The minimum Gasteiger partial charge on any atom is -0.337 e. The lowest BCUT2D eigenvalue weighted by Crippen LogP contribution is -2.33. The molecule has 5 heteroatoms. The molecule has 2 N–H and O–H groups in total. The molecule has 1 aliphatic heterocycles. The van der Waals surface area contributed by atoms with Crippen LogP contribution in [-0.4, -0.2) is 29.9 Å². The van der Waals surface area contributed by atoms with E-state index in [2.05, 4.69) is 0 Å². The normalized spacial score (nSPS) is 24.1. The summed E-state index contributed by atoms with van der Waals surface area (Å²) < 4.78 is 26.9. The van der Waals surface area contributed by atoms with Crippen LogP contribution >= 0.6 is 0 Å². The van der Waals surface area contributed by atoms with Crippen LogP contribution in [-0.2, 0) is 0 Å². The number of benzene rings is 1. The Labute approximate surface area is 98.2 Å².